The van der Waals surface area contributed by atoms with Gasteiger partial charge in [0.05, 0.1) is 25.4 Å². The van der Waals surface area contributed by atoms with Crippen molar-refractivity contribution in [2.75, 3.05) is 13.2 Å². The second kappa shape index (κ2) is 57.2. The highest BCUT2D eigenvalue weighted by atomic mass is 16.5. The van der Waals surface area contributed by atoms with E-state index in [9.17, 15) is 19.8 Å². The van der Waals surface area contributed by atoms with Crippen LogP contribution in [0.1, 0.15) is 341 Å². The molecule has 398 valence electrons. The van der Waals surface area contributed by atoms with Gasteiger partial charge in [0, 0.05) is 12.8 Å². The van der Waals surface area contributed by atoms with Gasteiger partial charge in [0.25, 0.3) is 0 Å². The minimum Gasteiger partial charge on any atom is -0.466 e. The molecule has 6 heteroatoms. The van der Waals surface area contributed by atoms with Gasteiger partial charge in [-0.25, -0.2) is 0 Å². The lowest BCUT2D eigenvalue weighted by Crippen LogP contribution is -2.45. The number of carbonyl (C=O) groups is 2. The molecular formula is C61H119NO5. The third kappa shape index (κ3) is 53.8. The first kappa shape index (κ1) is 65.6. The van der Waals surface area contributed by atoms with Crippen LogP contribution in [0.15, 0.2) is 12.2 Å². The van der Waals surface area contributed by atoms with Crippen molar-refractivity contribution < 1.29 is 24.5 Å². The summed E-state index contributed by atoms with van der Waals surface area (Å²) in [6.07, 6.45) is 68.0. The Balaban J connectivity index is 3.33. The van der Waals surface area contributed by atoms with Crippen molar-refractivity contribution in [3.63, 3.8) is 0 Å². The average Bonchev–Trinajstić information content (AvgIpc) is 3.33. The molecule has 0 aromatic carbocycles. The zero-order chi connectivity index (χ0) is 48.6. The minimum atomic E-state index is -0.661. The van der Waals surface area contributed by atoms with Crippen LogP contribution in [0.3, 0.4) is 0 Å². The van der Waals surface area contributed by atoms with E-state index in [0.717, 1.165) is 44.9 Å². The smallest absolute Gasteiger partial charge is 0.305 e. The van der Waals surface area contributed by atoms with Crippen LogP contribution in [0.4, 0.5) is 0 Å². The molecule has 0 radical (unpaired) electrons. The molecule has 0 saturated carbocycles. The van der Waals surface area contributed by atoms with Crippen molar-refractivity contribution in [2.45, 2.75) is 353 Å². The Morgan fingerprint density at radius 1 is 0.403 bits per heavy atom. The Morgan fingerprint density at radius 3 is 1.06 bits per heavy atom. The van der Waals surface area contributed by atoms with Gasteiger partial charge in [-0.3, -0.25) is 9.59 Å². The summed E-state index contributed by atoms with van der Waals surface area (Å²) in [7, 11) is 0. The van der Waals surface area contributed by atoms with Gasteiger partial charge in [-0.05, 0) is 51.4 Å². The van der Waals surface area contributed by atoms with Gasteiger partial charge in [0.2, 0.25) is 5.91 Å². The molecule has 3 N–H and O–H groups in total. The van der Waals surface area contributed by atoms with Crippen molar-refractivity contribution in [1.82, 2.24) is 5.32 Å². The number of ether oxygens (including phenoxy) is 1. The molecule has 2 unspecified atom stereocenters. The van der Waals surface area contributed by atoms with Gasteiger partial charge < -0.3 is 20.3 Å². The van der Waals surface area contributed by atoms with Crippen molar-refractivity contribution in [3.8, 4) is 0 Å². The molecule has 0 aliphatic rings. The highest BCUT2D eigenvalue weighted by Crippen LogP contribution is 2.18. The number of hydrogen-bond acceptors (Lipinski definition) is 5. The second-order valence-corrected chi connectivity index (χ2v) is 21.0. The molecule has 0 aromatic heterocycles. The molecule has 1 amide bonds. The Bertz CT molecular complexity index is 1000. The predicted molar refractivity (Wildman–Crippen MR) is 292 cm³/mol. The van der Waals surface area contributed by atoms with E-state index in [-0.39, 0.29) is 18.5 Å². The zero-order valence-electron chi connectivity index (χ0n) is 45.4. The molecular weight excluding hydrogens is 827 g/mol. The number of nitrogens with one attached hydrogen (secondary N) is 1. The number of aliphatic hydroxyl groups excluding tert-OH is 2. The molecule has 0 spiro atoms. The summed E-state index contributed by atoms with van der Waals surface area (Å²) >= 11 is 0. The zero-order valence-corrected chi connectivity index (χ0v) is 45.4. The number of rotatable bonds is 57. The predicted octanol–water partition coefficient (Wildman–Crippen LogP) is 18.9. The van der Waals surface area contributed by atoms with Crippen LogP contribution in [0.25, 0.3) is 0 Å². The van der Waals surface area contributed by atoms with E-state index in [1.165, 1.54) is 263 Å². The topological polar surface area (TPSA) is 95.9 Å². The summed E-state index contributed by atoms with van der Waals surface area (Å²) in [6.45, 7) is 4.95. The molecule has 0 fully saturated rings. The molecule has 2 atom stereocenters. The Kier molecular flexibility index (Phi) is 56.0. The maximum Gasteiger partial charge on any atom is 0.305 e. The molecule has 0 aromatic rings. The number of esters is 1. The molecule has 0 heterocycles. The number of hydrogen-bond donors (Lipinski definition) is 3. The first-order valence-electron chi connectivity index (χ1n) is 30.4. The molecule has 0 bridgehead atoms. The lowest BCUT2D eigenvalue weighted by Gasteiger charge is -2.22. The molecule has 6 nitrogen and oxygen atoms in total. The van der Waals surface area contributed by atoms with Gasteiger partial charge in [0.15, 0.2) is 0 Å². The monoisotopic (exact) mass is 946 g/mol. The average molecular weight is 947 g/mol. The SMILES string of the molecule is CCCCCCC/C=C\CCCCCCCC(=O)OCCCCCCCCCCCCCCCCCCCCCCCCCCCC(=O)NC(CO)C(O)CCCCCCCCCCCCC. The van der Waals surface area contributed by atoms with Crippen molar-refractivity contribution >= 4 is 11.9 Å². The first-order chi connectivity index (χ1) is 33.0. The number of amides is 1. The third-order valence-electron chi connectivity index (χ3n) is 14.3. The standard InChI is InChI=1S/C61H119NO5/c1-3-5-7-9-11-13-15-16-31-35-39-43-47-51-55-61(66)67-56-52-48-44-40-36-32-29-27-25-23-21-19-17-18-20-22-24-26-28-30-34-38-42-46-50-54-60(65)62-58(57-63)59(64)53-49-45-41-37-33-14-12-10-8-6-4-2/h15-16,58-59,63-64H,3-14,17-57H2,1-2H3,(H,62,65)/b16-15-. The summed E-state index contributed by atoms with van der Waals surface area (Å²) in [6, 6.07) is -0.538. The van der Waals surface area contributed by atoms with Crippen molar-refractivity contribution in [2.24, 2.45) is 0 Å². The van der Waals surface area contributed by atoms with Crippen LogP contribution in [-0.2, 0) is 14.3 Å². The summed E-state index contributed by atoms with van der Waals surface area (Å²) in [4.78, 5) is 24.5. The molecule has 67 heavy (non-hydrogen) atoms. The maximum atomic E-state index is 12.4. The molecule has 0 aliphatic heterocycles. The minimum absolute atomic E-state index is 0.00826. The number of allylic oxidation sites excluding steroid dienone is 2. The highest BCUT2D eigenvalue weighted by molar-refractivity contribution is 5.76. The van der Waals surface area contributed by atoms with E-state index in [2.05, 4.69) is 31.3 Å². The van der Waals surface area contributed by atoms with Crippen LogP contribution in [0, 0.1) is 0 Å². The van der Waals surface area contributed by atoms with Crippen LogP contribution in [-0.4, -0.2) is 47.4 Å². The van der Waals surface area contributed by atoms with Crippen molar-refractivity contribution in [3.05, 3.63) is 12.2 Å². The van der Waals surface area contributed by atoms with Crippen LogP contribution >= 0.6 is 0 Å². The summed E-state index contributed by atoms with van der Waals surface area (Å²) in [5.74, 6) is -0.0246. The summed E-state index contributed by atoms with van der Waals surface area (Å²) in [5.41, 5.74) is 0. The fourth-order valence-electron chi connectivity index (χ4n) is 9.64. The van der Waals surface area contributed by atoms with Gasteiger partial charge in [-0.1, -0.05) is 289 Å². The van der Waals surface area contributed by atoms with Gasteiger partial charge in [0.1, 0.15) is 0 Å². The quantitative estimate of drug-likeness (QED) is 0.0321. The van der Waals surface area contributed by atoms with Gasteiger partial charge >= 0.3 is 5.97 Å². The van der Waals surface area contributed by atoms with Crippen LogP contribution in [0.2, 0.25) is 0 Å². The second-order valence-electron chi connectivity index (χ2n) is 21.0. The van der Waals surface area contributed by atoms with Crippen LogP contribution < -0.4 is 5.32 Å². The lowest BCUT2D eigenvalue weighted by molar-refractivity contribution is -0.143. The van der Waals surface area contributed by atoms with Gasteiger partial charge in [-0.15, -0.1) is 0 Å². The normalized spacial score (nSPS) is 12.6. The third-order valence-corrected chi connectivity index (χ3v) is 14.3. The number of carbonyl (C=O) groups excluding carboxylic acids is 2. The van der Waals surface area contributed by atoms with E-state index in [0.29, 0.717) is 25.9 Å². The van der Waals surface area contributed by atoms with E-state index in [1.807, 2.05) is 0 Å². The molecule has 0 rings (SSSR count). The van der Waals surface area contributed by atoms with Gasteiger partial charge in [-0.2, -0.15) is 0 Å². The Morgan fingerprint density at radius 2 is 0.701 bits per heavy atom. The lowest BCUT2D eigenvalue weighted by atomic mass is 10.0. The van der Waals surface area contributed by atoms with E-state index in [1.54, 1.807) is 0 Å². The maximum absolute atomic E-state index is 12.4. The first-order valence-corrected chi connectivity index (χ1v) is 30.4. The van der Waals surface area contributed by atoms with Crippen LogP contribution in [0.5, 0.6) is 0 Å². The Hall–Kier alpha value is -1.40. The number of unbranched alkanes of at least 4 members (excludes halogenated alkanes) is 44. The summed E-state index contributed by atoms with van der Waals surface area (Å²) < 4.78 is 5.48. The Labute approximate surface area is 419 Å². The fourth-order valence-corrected chi connectivity index (χ4v) is 9.64. The van der Waals surface area contributed by atoms with E-state index >= 15 is 0 Å². The molecule has 0 saturated heterocycles. The number of aliphatic hydroxyl groups is 2. The highest BCUT2D eigenvalue weighted by Gasteiger charge is 2.20. The van der Waals surface area contributed by atoms with E-state index in [4.69, 9.17) is 4.74 Å². The van der Waals surface area contributed by atoms with E-state index < -0.39 is 12.1 Å². The van der Waals surface area contributed by atoms with Crippen molar-refractivity contribution in [1.29, 1.82) is 0 Å². The fraction of sp³-hybridized carbons (Fsp3) is 0.934. The largest absolute Gasteiger partial charge is 0.466 e. The molecule has 0 aliphatic carbocycles. The summed E-state index contributed by atoms with van der Waals surface area (Å²) in [5, 5.41) is 23.2.